The maximum atomic E-state index is 11.2. The molecule has 0 saturated carbocycles. The van der Waals surface area contributed by atoms with Gasteiger partial charge in [0, 0.05) is 5.69 Å². The van der Waals surface area contributed by atoms with Gasteiger partial charge in [0.15, 0.2) is 0 Å². The van der Waals surface area contributed by atoms with Crippen molar-refractivity contribution in [3.05, 3.63) is 23.8 Å². The van der Waals surface area contributed by atoms with Crippen LogP contribution in [-0.4, -0.2) is 14.8 Å². The molecule has 0 aliphatic carbocycles. The van der Waals surface area contributed by atoms with Gasteiger partial charge in [-0.25, -0.2) is 8.42 Å². The van der Waals surface area contributed by atoms with Gasteiger partial charge in [-0.3, -0.25) is 9.52 Å². The molecule has 1 aliphatic rings. The highest BCUT2D eigenvalue weighted by atomic mass is 32.2. The summed E-state index contributed by atoms with van der Waals surface area (Å²) >= 11 is 0. The number of carbonyl (C=O) groups excluding carboxylic acids is 1. The highest BCUT2D eigenvalue weighted by molar-refractivity contribution is 7.92. The largest absolute Gasteiger partial charge is 0.329 e. The summed E-state index contributed by atoms with van der Waals surface area (Å²) in [5.74, 6) is -0.0310. The molecular formula is C8H8N2O3S. The summed E-state index contributed by atoms with van der Waals surface area (Å²) in [4.78, 5) is 10.2. The summed E-state index contributed by atoms with van der Waals surface area (Å²) in [6.07, 6.45) is 0.554. The molecule has 14 heavy (non-hydrogen) atoms. The quantitative estimate of drug-likeness (QED) is 0.701. The van der Waals surface area contributed by atoms with Crippen LogP contribution >= 0.6 is 0 Å². The van der Waals surface area contributed by atoms with Crippen molar-refractivity contribution < 1.29 is 13.2 Å². The van der Waals surface area contributed by atoms with Crippen molar-refractivity contribution >= 4 is 27.8 Å². The minimum Gasteiger partial charge on any atom is -0.329 e. The molecule has 0 bridgehead atoms. The number of carbonyl (C=O) groups is 1. The summed E-state index contributed by atoms with van der Waals surface area (Å²) in [6, 6.07) is 4.91. The molecular weight excluding hydrogens is 204 g/mol. The second-order valence-electron chi connectivity index (χ2n) is 3.00. The van der Waals surface area contributed by atoms with Crippen LogP contribution in [0.1, 0.15) is 5.56 Å². The van der Waals surface area contributed by atoms with E-state index in [1.807, 2.05) is 0 Å². The van der Waals surface area contributed by atoms with E-state index in [0.29, 0.717) is 23.3 Å². The van der Waals surface area contributed by atoms with E-state index in [9.17, 15) is 13.2 Å². The molecule has 0 radical (unpaired) electrons. The average Bonchev–Trinajstić information content (AvgIpc) is 2.38. The topological polar surface area (TPSA) is 75.3 Å². The summed E-state index contributed by atoms with van der Waals surface area (Å²) in [6.45, 7) is 0. The zero-order valence-corrected chi connectivity index (χ0v) is 7.97. The number of sulfonamides is 1. The molecule has 6 heteroatoms. The summed E-state index contributed by atoms with van der Waals surface area (Å²) < 4.78 is 24.7. The zero-order valence-electron chi connectivity index (χ0n) is 7.15. The van der Waals surface area contributed by atoms with Crippen molar-refractivity contribution in [1.82, 2.24) is 0 Å². The fourth-order valence-electron chi connectivity index (χ4n) is 1.38. The van der Waals surface area contributed by atoms with Gasteiger partial charge in [-0.15, -0.1) is 0 Å². The molecule has 0 aromatic heterocycles. The molecule has 0 spiro atoms. The molecule has 1 heterocycles. The van der Waals surface area contributed by atoms with Gasteiger partial charge in [-0.1, -0.05) is 0 Å². The average molecular weight is 212 g/mol. The normalized spacial score (nSPS) is 16.9. The van der Waals surface area contributed by atoms with E-state index in [4.69, 9.17) is 0 Å². The molecule has 2 rings (SSSR count). The van der Waals surface area contributed by atoms with Gasteiger partial charge < -0.3 is 5.32 Å². The molecule has 0 saturated heterocycles. The maximum Gasteiger partial charge on any atom is 0.237 e. The number of rotatable bonds is 2. The standard InChI is InChI=1S/C8H8N2O3S/c11-5-9-7-1-2-8-6(3-7)4-14(12,13)10-8/h1-3,5,10H,4H2,(H,9,11). The Balaban J connectivity index is 2.40. The highest BCUT2D eigenvalue weighted by Gasteiger charge is 2.23. The van der Waals surface area contributed by atoms with Crippen molar-refractivity contribution in [2.24, 2.45) is 0 Å². The van der Waals surface area contributed by atoms with Gasteiger partial charge in [0.05, 0.1) is 11.4 Å². The first-order valence-electron chi connectivity index (χ1n) is 3.94. The molecule has 1 aromatic carbocycles. The Labute approximate surface area is 81.2 Å². The van der Waals surface area contributed by atoms with Gasteiger partial charge in [-0.05, 0) is 23.8 Å². The molecule has 0 fully saturated rings. The molecule has 5 nitrogen and oxygen atoms in total. The van der Waals surface area contributed by atoms with Gasteiger partial charge in [0.1, 0.15) is 0 Å². The number of nitrogens with one attached hydrogen (secondary N) is 2. The van der Waals surface area contributed by atoms with Crippen LogP contribution in [0.5, 0.6) is 0 Å². The third-order valence-electron chi connectivity index (χ3n) is 1.94. The maximum absolute atomic E-state index is 11.2. The number of amides is 1. The Kier molecular flexibility index (Phi) is 1.92. The molecule has 1 amide bonds. The van der Waals surface area contributed by atoms with Gasteiger partial charge in [0.25, 0.3) is 0 Å². The van der Waals surface area contributed by atoms with Gasteiger partial charge in [0.2, 0.25) is 16.4 Å². The smallest absolute Gasteiger partial charge is 0.237 e. The molecule has 1 aliphatic heterocycles. The van der Waals surface area contributed by atoms with Crippen molar-refractivity contribution in [3.63, 3.8) is 0 Å². The van der Waals surface area contributed by atoms with E-state index >= 15 is 0 Å². The van der Waals surface area contributed by atoms with Crippen LogP contribution in [-0.2, 0) is 20.6 Å². The molecule has 1 aromatic rings. The van der Waals surface area contributed by atoms with Crippen molar-refractivity contribution in [3.8, 4) is 0 Å². The second-order valence-corrected chi connectivity index (χ2v) is 4.72. The fraction of sp³-hybridized carbons (Fsp3) is 0.125. The van der Waals surface area contributed by atoms with Crippen LogP contribution in [0, 0.1) is 0 Å². The highest BCUT2D eigenvalue weighted by Crippen LogP contribution is 2.29. The van der Waals surface area contributed by atoms with E-state index in [1.165, 1.54) is 0 Å². The summed E-state index contributed by atoms with van der Waals surface area (Å²) in [5.41, 5.74) is 1.86. The first kappa shape index (κ1) is 9.01. The Hall–Kier alpha value is -1.56. The number of benzene rings is 1. The predicted molar refractivity (Wildman–Crippen MR) is 52.4 cm³/mol. The number of fused-ring (bicyclic) bond motifs is 1. The lowest BCUT2D eigenvalue weighted by Crippen LogP contribution is -2.05. The predicted octanol–water partition coefficient (Wildman–Crippen LogP) is 0.510. The van der Waals surface area contributed by atoms with E-state index in [2.05, 4.69) is 10.0 Å². The Morgan fingerprint density at radius 1 is 1.43 bits per heavy atom. The van der Waals surface area contributed by atoms with E-state index in [0.717, 1.165) is 0 Å². The molecule has 0 unspecified atom stereocenters. The van der Waals surface area contributed by atoms with E-state index in [-0.39, 0.29) is 5.75 Å². The van der Waals surface area contributed by atoms with Crippen molar-refractivity contribution in [1.29, 1.82) is 0 Å². The number of hydrogen-bond acceptors (Lipinski definition) is 3. The fourth-order valence-corrected chi connectivity index (χ4v) is 2.63. The van der Waals surface area contributed by atoms with Crippen molar-refractivity contribution in [2.75, 3.05) is 10.0 Å². The lowest BCUT2D eigenvalue weighted by molar-refractivity contribution is -0.105. The molecule has 0 atom stereocenters. The van der Waals surface area contributed by atoms with Crippen LogP contribution in [0.15, 0.2) is 18.2 Å². The van der Waals surface area contributed by atoms with Gasteiger partial charge >= 0.3 is 0 Å². The third-order valence-corrected chi connectivity index (χ3v) is 3.16. The van der Waals surface area contributed by atoms with Gasteiger partial charge in [-0.2, -0.15) is 0 Å². The Morgan fingerprint density at radius 3 is 2.93 bits per heavy atom. The lowest BCUT2D eigenvalue weighted by atomic mass is 10.2. The first-order valence-corrected chi connectivity index (χ1v) is 5.59. The third kappa shape index (κ3) is 1.56. The summed E-state index contributed by atoms with van der Waals surface area (Å²) in [7, 11) is -3.20. The molecule has 74 valence electrons. The van der Waals surface area contributed by atoms with E-state index < -0.39 is 10.0 Å². The zero-order chi connectivity index (χ0) is 10.2. The SMILES string of the molecule is O=CNc1ccc2c(c1)CS(=O)(=O)N2. The molecule has 2 N–H and O–H groups in total. The van der Waals surface area contributed by atoms with Crippen molar-refractivity contribution in [2.45, 2.75) is 5.75 Å². The second kappa shape index (κ2) is 2.98. The minimum atomic E-state index is -3.20. The summed E-state index contributed by atoms with van der Waals surface area (Å²) in [5, 5.41) is 2.46. The van der Waals surface area contributed by atoms with Crippen LogP contribution in [0.3, 0.4) is 0 Å². The monoisotopic (exact) mass is 212 g/mol. The minimum absolute atomic E-state index is 0.0310. The Bertz CT molecular complexity index is 481. The van der Waals surface area contributed by atoms with Crippen LogP contribution < -0.4 is 10.0 Å². The number of hydrogen-bond donors (Lipinski definition) is 2. The lowest BCUT2D eigenvalue weighted by Gasteiger charge is -2.00. The van der Waals surface area contributed by atoms with Crippen LogP contribution in [0.25, 0.3) is 0 Å². The van der Waals surface area contributed by atoms with E-state index in [1.54, 1.807) is 18.2 Å². The van der Waals surface area contributed by atoms with Crippen LogP contribution in [0.4, 0.5) is 11.4 Å². The first-order chi connectivity index (χ1) is 6.61. The van der Waals surface area contributed by atoms with Crippen LogP contribution in [0.2, 0.25) is 0 Å². The number of anilines is 2. The Morgan fingerprint density at radius 2 is 2.21 bits per heavy atom.